The van der Waals surface area contributed by atoms with Gasteiger partial charge in [0.25, 0.3) is 0 Å². The molecule has 0 saturated heterocycles. The molecule has 2 nitrogen and oxygen atoms in total. The predicted octanol–water partition coefficient (Wildman–Crippen LogP) is 4.79. The second-order valence-electron chi connectivity index (χ2n) is 5.96. The number of nitrogens with one attached hydrogen (secondary N) is 1. The zero-order chi connectivity index (χ0) is 15.3. The molecule has 0 aliphatic rings. The molecular weight excluding hydrogens is 258 g/mol. The average Bonchev–Trinajstić information content (AvgIpc) is 2.48. The zero-order valence-electron chi connectivity index (χ0n) is 13.8. The van der Waals surface area contributed by atoms with Crippen LogP contribution in [0.1, 0.15) is 69.4 Å². The summed E-state index contributed by atoms with van der Waals surface area (Å²) in [7, 11) is 0. The van der Waals surface area contributed by atoms with Crippen LogP contribution in [-0.4, -0.2) is 12.5 Å². The van der Waals surface area contributed by atoms with E-state index in [-0.39, 0.29) is 5.91 Å². The Morgan fingerprint density at radius 2 is 1.67 bits per heavy atom. The molecule has 0 bridgehead atoms. The molecule has 0 radical (unpaired) electrons. The van der Waals surface area contributed by atoms with Crippen LogP contribution in [-0.2, 0) is 11.2 Å². The smallest absolute Gasteiger partial charge is 0.219 e. The molecular formula is C19H31NO. The van der Waals surface area contributed by atoms with Crippen molar-refractivity contribution in [3.05, 3.63) is 35.4 Å². The fraction of sp³-hybridized carbons (Fsp3) is 0.632. The zero-order valence-corrected chi connectivity index (χ0v) is 13.8. The predicted molar refractivity (Wildman–Crippen MR) is 90.5 cm³/mol. The van der Waals surface area contributed by atoms with Crippen LogP contribution in [0.5, 0.6) is 0 Å². The van der Waals surface area contributed by atoms with Crippen molar-refractivity contribution in [2.45, 2.75) is 71.6 Å². The van der Waals surface area contributed by atoms with Crippen LogP contribution in [0.25, 0.3) is 0 Å². The Kier molecular flexibility index (Phi) is 9.60. The van der Waals surface area contributed by atoms with Crippen molar-refractivity contribution in [1.82, 2.24) is 5.32 Å². The molecule has 0 aliphatic heterocycles. The number of rotatable bonds is 11. The summed E-state index contributed by atoms with van der Waals surface area (Å²) in [5.41, 5.74) is 2.76. The van der Waals surface area contributed by atoms with Crippen LogP contribution < -0.4 is 5.32 Å². The van der Waals surface area contributed by atoms with Crippen molar-refractivity contribution in [2.75, 3.05) is 6.54 Å². The Balaban J connectivity index is 1.92. The molecule has 1 amide bonds. The van der Waals surface area contributed by atoms with Gasteiger partial charge in [0.05, 0.1) is 0 Å². The Bertz CT molecular complexity index is 383. The van der Waals surface area contributed by atoms with Crippen molar-refractivity contribution in [1.29, 1.82) is 0 Å². The maximum absolute atomic E-state index is 11.5. The number of unbranched alkanes of at least 4 members (excludes halogenated alkanes) is 5. The van der Waals surface area contributed by atoms with Gasteiger partial charge in [-0.3, -0.25) is 4.79 Å². The molecule has 0 atom stereocenters. The first-order chi connectivity index (χ1) is 10.2. The molecule has 1 aromatic rings. The fourth-order valence-electron chi connectivity index (χ4n) is 2.41. The van der Waals surface area contributed by atoms with Gasteiger partial charge in [0, 0.05) is 13.0 Å². The van der Waals surface area contributed by atoms with E-state index in [4.69, 9.17) is 0 Å². The summed E-state index contributed by atoms with van der Waals surface area (Å²) in [6, 6.07) is 8.82. The van der Waals surface area contributed by atoms with Gasteiger partial charge < -0.3 is 5.32 Å². The number of carbonyl (C=O) groups excluding carboxylic acids is 1. The van der Waals surface area contributed by atoms with Crippen molar-refractivity contribution >= 4 is 5.91 Å². The Hall–Kier alpha value is -1.31. The van der Waals surface area contributed by atoms with Crippen molar-refractivity contribution in [3.63, 3.8) is 0 Å². The summed E-state index contributed by atoms with van der Waals surface area (Å²) in [5.74, 6) is 0.225. The summed E-state index contributed by atoms with van der Waals surface area (Å²) in [4.78, 5) is 11.5. The maximum atomic E-state index is 11.5. The van der Waals surface area contributed by atoms with E-state index in [9.17, 15) is 4.79 Å². The largest absolute Gasteiger partial charge is 0.356 e. The number of amides is 1. The lowest BCUT2D eigenvalue weighted by Crippen LogP contribution is -2.23. The molecule has 2 heteroatoms. The van der Waals surface area contributed by atoms with E-state index in [0.717, 1.165) is 25.8 Å². The number of benzene rings is 1. The Labute approximate surface area is 130 Å². The number of hydrogen-bond donors (Lipinski definition) is 1. The van der Waals surface area contributed by atoms with Gasteiger partial charge in [0.15, 0.2) is 0 Å². The molecule has 0 unspecified atom stereocenters. The molecule has 0 fully saturated rings. The van der Waals surface area contributed by atoms with Crippen molar-refractivity contribution in [3.8, 4) is 0 Å². The third-order valence-corrected chi connectivity index (χ3v) is 3.84. The molecule has 0 aromatic heterocycles. The SMILES string of the molecule is CCCCCC(=O)NCCCCCCc1ccc(C)cc1. The minimum absolute atomic E-state index is 0.225. The lowest BCUT2D eigenvalue weighted by atomic mass is 10.0. The second-order valence-corrected chi connectivity index (χ2v) is 5.96. The lowest BCUT2D eigenvalue weighted by molar-refractivity contribution is -0.121. The number of aryl methyl sites for hydroxylation is 2. The summed E-state index contributed by atoms with van der Waals surface area (Å²) in [5, 5.41) is 3.02. The molecule has 118 valence electrons. The second kappa shape index (κ2) is 11.4. The molecule has 0 aliphatic carbocycles. The summed E-state index contributed by atoms with van der Waals surface area (Å²) in [6.07, 6.45) is 10.0. The normalized spacial score (nSPS) is 10.6. The van der Waals surface area contributed by atoms with Crippen LogP contribution in [0.3, 0.4) is 0 Å². The highest BCUT2D eigenvalue weighted by Gasteiger charge is 1.99. The van der Waals surface area contributed by atoms with Crippen LogP contribution in [0, 0.1) is 6.92 Å². The van der Waals surface area contributed by atoms with E-state index in [1.165, 1.54) is 43.2 Å². The Morgan fingerprint density at radius 1 is 0.952 bits per heavy atom. The number of carbonyl (C=O) groups is 1. The summed E-state index contributed by atoms with van der Waals surface area (Å²) in [6.45, 7) is 5.13. The van der Waals surface area contributed by atoms with Gasteiger partial charge in [-0.05, 0) is 38.2 Å². The van der Waals surface area contributed by atoms with Crippen LogP contribution >= 0.6 is 0 Å². The monoisotopic (exact) mass is 289 g/mol. The van der Waals surface area contributed by atoms with Crippen LogP contribution in [0.15, 0.2) is 24.3 Å². The van der Waals surface area contributed by atoms with Gasteiger partial charge in [-0.25, -0.2) is 0 Å². The molecule has 21 heavy (non-hydrogen) atoms. The third kappa shape index (κ3) is 9.28. The molecule has 0 heterocycles. The molecule has 1 N–H and O–H groups in total. The van der Waals surface area contributed by atoms with Crippen LogP contribution in [0.4, 0.5) is 0 Å². The van der Waals surface area contributed by atoms with Crippen molar-refractivity contribution < 1.29 is 4.79 Å². The minimum Gasteiger partial charge on any atom is -0.356 e. The van der Waals surface area contributed by atoms with E-state index in [2.05, 4.69) is 43.4 Å². The first-order valence-electron chi connectivity index (χ1n) is 8.54. The van der Waals surface area contributed by atoms with E-state index < -0.39 is 0 Å². The van der Waals surface area contributed by atoms with E-state index in [1.807, 2.05) is 0 Å². The highest BCUT2D eigenvalue weighted by Crippen LogP contribution is 2.09. The highest BCUT2D eigenvalue weighted by atomic mass is 16.1. The molecule has 0 spiro atoms. The van der Waals surface area contributed by atoms with Crippen LogP contribution in [0.2, 0.25) is 0 Å². The first-order valence-corrected chi connectivity index (χ1v) is 8.54. The van der Waals surface area contributed by atoms with Gasteiger partial charge in [-0.15, -0.1) is 0 Å². The minimum atomic E-state index is 0.225. The molecule has 0 saturated carbocycles. The maximum Gasteiger partial charge on any atom is 0.219 e. The molecule has 1 rings (SSSR count). The van der Waals surface area contributed by atoms with Gasteiger partial charge in [-0.1, -0.05) is 62.4 Å². The molecule has 1 aromatic carbocycles. The third-order valence-electron chi connectivity index (χ3n) is 3.84. The van der Waals surface area contributed by atoms with E-state index in [1.54, 1.807) is 0 Å². The lowest BCUT2D eigenvalue weighted by Gasteiger charge is -2.05. The van der Waals surface area contributed by atoms with Gasteiger partial charge in [0.1, 0.15) is 0 Å². The summed E-state index contributed by atoms with van der Waals surface area (Å²) < 4.78 is 0. The fourth-order valence-corrected chi connectivity index (χ4v) is 2.41. The standard InChI is InChI=1S/C19H31NO/c1-3-4-7-11-19(21)20-16-9-6-5-8-10-18-14-12-17(2)13-15-18/h12-15H,3-11,16H2,1-2H3,(H,20,21). The average molecular weight is 289 g/mol. The van der Waals surface area contributed by atoms with Gasteiger partial charge in [-0.2, -0.15) is 0 Å². The van der Waals surface area contributed by atoms with Crippen molar-refractivity contribution in [2.24, 2.45) is 0 Å². The first kappa shape index (κ1) is 17.7. The quantitative estimate of drug-likeness (QED) is 0.583. The highest BCUT2D eigenvalue weighted by molar-refractivity contribution is 5.75. The summed E-state index contributed by atoms with van der Waals surface area (Å²) >= 11 is 0. The topological polar surface area (TPSA) is 29.1 Å². The van der Waals surface area contributed by atoms with Gasteiger partial charge in [0.2, 0.25) is 5.91 Å². The van der Waals surface area contributed by atoms with E-state index >= 15 is 0 Å². The van der Waals surface area contributed by atoms with Gasteiger partial charge >= 0.3 is 0 Å². The Morgan fingerprint density at radius 3 is 2.38 bits per heavy atom. The van der Waals surface area contributed by atoms with E-state index in [0.29, 0.717) is 6.42 Å². The number of hydrogen-bond acceptors (Lipinski definition) is 1.